The second-order valence-corrected chi connectivity index (χ2v) is 7.94. The molecule has 158 valence electrons. The third-order valence-corrected chi connectivity index (χ3v) is 5.84. The predicted octanol–water partition coefficient (Wildman–Crippen LogP) is 2.76. The van der Waals surface area contributed by atoms with Crippen LogP contribution in [-0.4, -0.2) is 70.9 Å². The van der Waals surface area contributed by atoms with Crippen molar-refractivity contribution in [1.82, 2.24) is 14.8 Å². The van der Waals surface area contributed by atoms with Gasteiger partial charge in [0.15, 0.2) is 5.78 Å². The maximum atomic E-state index is 12.3. The first-order valence-electron chi connectivity index (χ1n) is 10.8. The number of benzene rings is 1. The van der Waals surface area contributed by atoms with E-state index in [4.69, 9.17) is 5.11 Å². The number of hydrogen-bond acceptors (Lipinski definition) is 4. The van der Waals surface area contributed by atoms with Crippen molar-refractivity contribution in [3.05, 3.63) is 36.0 Å². The number of aryl methyl sites for hydroxylation is 1. The average Bonchev–Trinajstić information content (AvgIpc) is 3.17. The van der Waals surface area contributed by atoms with Crippen molar-refractivity contribution in [2.45, 2.75) is 44.9 Å². The van der Waals surface area contributed by atoms with E-state index in [0.29, 0.717) is 12.8 Å². The number of carbonyl (C=O) groups excluding carboxylic acids is 2. The molecule has 1 amide bonds. The highest BCUT2D eigenvalue weighted by Gasteiger charge is 2.20. The van der Waals surface area contributed by atoms with Crippen LogP contribution in [0, 0.1) is 0 Å². The van der Waals surface area contributed by atoms with E-state index in [1.165, 1.54) is 16.5 Å². The first-order valence-corrected chi connectivity index (χ1v) is 10.8. The number of aliphatic hydroxyl groups excluding tert-OH is 1. The van der Waals surface area contributed by atoms with Crippen LogP contribution in [-0.2, 0) is 16.0 Å². The molecule has 1 aliphatic rings. The minimum atomic E-state index is -0.370. The normalized spacial score (nSPS) is 15.1. The van der Waals surface area contributed by atoms with Gasteiger partial charge in [-0.05, 0) is 43.9 Å². The molecular weight excluding hydrogens is 366 g/mol. The third kappa shape index (κ3) is 6.41. The maximum Gasteiger partial charge on any atom is 0.222 e. The number of aliphatic hydroxyl groups is 1. The van der Waals surface area contributed by atoms with Crippen LogP contribution in [0.4, 0.5) is 0 Å². The predicted molar refractivity (Wildman–Crippen MR) is 115 cm³/mol. The van der Waals surface area contributed by atoms with Crippen molar-refractivity contribution < 1.29 is 14.7 Å². The number of nitrogens with zero attached hydrogens (tertiary/aromatic N) is 2. The number of nitrogens with one attached hydrogen (secondary N) is 1. The Morgan fingerprint density at radius 2 is 1.72 bits per heavy atom. The molecule has 1 aromatic heterocycles. The van der Waals surface area contributed by atoms with Gasteiger partial charge in [-0.2, -0.15) is 0 Å². The quantitative estimate of drug-likeness (QED) is 0.570. The summed E-state index contributed by atoms with van der Waals surface area (Å²) in [6.45, 7) is 4.23. The number of rotatable bonds is 11. The molecule has 2 heterocycles. The monoisotopic (exact) mass is 399 g/mol. The smallest absolute Gasteiger partial charge is 0.222 e. The number of hydrogen-bond donors (Lipinski definition) is 2. The molecule has 0 atom stereocenters. The summed E-state index contributed by atoms with van der Waals surface area (Å²) in [5.74, 6) is 0.120. The summed E-state index contributed by atoms with van der Waals surface area (Å²) < 4.78 is 0. The Morgan fingerprint density at radius 1 is 0.966 bits per heavy atom. The Kier molecular flexibility index (Phi) is 8.25. The molecule has 0 bridgehead atoms. The standard InChI is InChI=1S/C23H33N3O3/c27-18-20(28)8-2-1-3-11-23(29)26-15-13-25(14-16-26)12-6-7-19-17-24-22-10-5-4-9-21(19)22/h4-5,9-10,17,24,27H,1-3,6-8,11-16,18H2. The Balaban J connectivity index is 1.29. The van der Waals surface area contributed by atoms with Gasteiger partial charge in [-0.1, -0.05) is 24.6 Å². The summed E-state index contributed by atoms with van der Waals surface area (Å²) in [6, 6.07) is 8.44. The zero-order valence-electron chi connectivity index (χ0n) is 17.2. The lowest BCUT2D eigenvalue weighted by atomic mass is 10.1. The highest BCUT2D eigenvalue weighted by atomic mass is 16.3. The fraction of sp³-hybridized carbons (Fsp3) is 0.565. The van der Waals surface area contributed by atoms with E-state index in [9.17, 15) is 9.59 Å². The first-order chi connectivity index (χ1) is 14.2. The van der Waals surface area contributed by atoms with Gasteiger partial charge in [0.05, 0.1) is 0 Å². The molecule has 2 aromatic rings. The van der Waals surface area contributed by atoms with Gasteiger partial charge in [-0.3, -0.25) is 14.5 Å². The summed E-state index contributed by atoms with van der Waals surface area (Å²) in [7, 11) is 0. The molecule has 6 heteroatoms. The fourth-order valence-electron chi connectivity index (χ4n) is 4.06. The third-order valence-electron chi connectivity index (χ3n) is 5.84. The van der Waals surface area contributed by atoms with Crippen molar-refractivity contribution in [2.75, 3.05) is 39.3 Å². The van der Waals surface area contributed by atoms with Crippen molar-refractivity contribution in [2.24, 2.45) is 0 Å². The van der Waals surface area contributed by atoms with Crippen molar-refractivity contribution in [1.29, 1.82) is 0 Å². The van der Waals surface area contributed by atoms with Crippen molar-refractivity contribution >= 4 is 22.6 Å². The molecular formula is C23H33N3O3. The first kappa shape index (κ1) is 21.5. The Hall–Kier alpha value is -2.18. The van der Waals surface area contributed by atoms with Gasteiger partial charge in [0.25, 0.3) is 0 Å². The van der Waals surface area contributed by atoms with Crippen LogP contribution in [0.25, 0.3) is 10.9 Å². The van der Waals surface area contributed by atoms with Gasteiger partial charge in [-0.25, -0.2) is 0 Å². The topological polar surface area (TPSA) is 76.6 Å². The zero-order chi connectivity index (χ0) is 20.5. The van der Waals surface area contributed by atoms with E-state index in [-0.39, 0.29) is 18.3 Å². The molecule has 3 rings (SSSR count). The van der Waals surface area contributed by atoms with E-state index in [2.05, 4.69) is 40.3 Å². The van der Waals surface area contributed by atoms with Gasteiger partial charge in [-0.15, -0.1) is 0 Å². The number of piperazine rings is 1. The van der Waals surface area contributed by atoms with Gasteiger partial charge in [0.2, 0.25) is 5.91 Å². The van der Waals surface area contributed by atoms with Crippen LogP contribution in [0.1, 0.15) is 44.1 Å². The zero-order valence-corrected chi connectivity index (χ0v) is 17.2. The van der Waals surface area contributed by atoms with E-state index in [1.54, 1.807) is 0 Å². The summed E-state index contributed by atoms with van der Waals surface area (Å²) in [4.78, 5) is 31.2. The molecule has 0 aliphatic carbocycles. The SMILES string of the molecule is O=C(CO)CCCCCC(=O)N1CCN(CCCc2c[nH]c3ccccc23)CC1. The number of fused-ring (bicyclic) bond motifs is 1. The van der Waals surface area contributed by atoms with E-state index < -0.39 is 0 Å². The van der Waals surface area contributed by atoms with E-state index in [1.807, 2.05) is 4.90 Å². The number of H-pyrrole nitrogens is 1. The van der Waals surface area contributed by atoms with E-state index in [0.717, 1.165) is 64.8 Å². The summed E-state index contributed by atoms with van der Waals surface area (Å²) in [5.41, 5.74) is 2.59. The summed E-state index contributed by atoms with van der Waals surface area (Å²) in [5, 5.41) is 10.0. The lowest BCUT2D eigenvalue weighted by molar-refractivity contribution is -0.133. The van der Waals surface area contributed by atoms with Crippen LogP contribution >= 0.6 is 0 Å². The van der Waals surface area contributed by atoms with Gasteiger partial charge < -0.3 is 15.0 Å². The lowest BCUT2D eigenvalue weighted by Crippen LogP contribution is -2.48. The largest absolute Gasteiger partial charge is 0.389 e. The molecule has 29 heavy (non-hydrogen) atoms. The number of Topliss-reactive ketones (excluding diaryl/α,β-unsaturated/α-hetero) is 1. The number of carbonyl (C=O) groups is 2. The van der Waals surface area contributed by atoms with Crippen LogP contribution in [0.2, 0.25) is 0 Å². The number of para-hydroxylation sites is 1. The van der Waals surface area contributed by atoms with E-state index >= 15 is 0 Å². The van der Waals surface area contributed by atoms with Crippen LogP contribution < -0.4 is 0 Å². The lowest BCUT2D eigenvalue weighted by Gasteiger charge is -2.34. The van der Waals surface area contributed by atoms with Gasteiger partial charge in [0.1, 0.15) is 6.61 Å². The summed E-state index contributed by atoms with van der Waals surface area (Å²) >= 11 is 0. The molecule has 2 N–H and O–H groups in total. The number of aromatic amines is 1. The van der Waals surface area contributed by atoms with Crippen molar-refractivity contribution in [3.8, 4) is 0 Å². The summed E-state index contributed by atoms with van der Waals surface area (Å²) in [6.07, 6.45) is 7.76. The molecule has 1 aliphatic heterocycles. The number of unbranched alkanes of at least 4 members (excludes halogenated alkanes) is 2. The molecule has 1 saturated heterocycles. The second-order valence-electron chi connectivity index (χ2n) is 7.94. The molecule has 0 unspecified atom stereocenters. The molecule has 0 saturated carbocycles. The molecule has 1 fully saturated rings. The highest BCUT2D eigenvalue weighted by molar-refractivity contribution is 5.83. The van der Waals surface area contributed by atoms with Gasteiger partial charge in [0, 0.05) is 56.1 Å². The maximum absolute atomic E-state index is 12.3. The molecule has 0 spiro atoms. The Labute approximate surface area is 172 Å². The minimum Gasteiger partial charge on any atom is -0.389 e. The van der Waals surface area contributed by atoms with Crippen LogP contribution in [0.15, 0.2) is 30.5 Å². The van der Waals surface area contributed by atoms with Gasteiger partial charge >= 0.3 is 0 Å². The number of aromatic nitrogens is 1. The second kappa shape index (κ2) is 11.1. The minimum absolute atomic E-state index is 0.114. The number of ketones is 1. The Morgan fingerprint density at radius 3 is 2.52 bits per heavy atom. The highest BCUT2D eigenvalue weighted by Crippen LogP contribution is 2.19. The fourth-order valence-corrected chi connectivity index (χ4v) is 4.06. The van der Waals surface area contributed by atoms with Crippen LogP contribution in [0.3, 0.4) is 0 Å². The molecule has 6 nitrogen and oxygen atoms in total. The Bertz CT molecular complexity index is 794. The molecule has 1 aromatic carbocycles. The van der Waals surface area contributed by atoms with Crippen molar-refractivity contribution in [3.63, 3.8) is 0 Å². The average molecular weight is 400 g/mol. The molecule has 0 radical (unpaired) electrons. The van der Waals surface area contributed by atoms with Crippen LogP contribution in [0.5, 0.6) is 0 Å². The number of amides is 1.